The van der Waals surface area contributed by atoms with Crippen LogP contribution in [0.15, 0.2) is 58.5 Å². The van der Waals surface area contributed by atoms with Gasteiger partial charge in [0.15, 0.2) is 6.61 Å². The average molecular weight is 433 g/mol. The highest BCUT2D eigenvalue weighted by Gasteiger charge is 2.58. The van der Waals surface area contributed by atoms with Gasteiger partial charge in [-0.3, -0.25) is 4.79 Å². The van der Waals surface area contributed by atoms with Crippen molar-refractivity contribution in [1.29, 1.82) is 0 Å². The Balaban J connectivity index is 1.69. The van der Waals surface area contributed by atoms with E-state index < -0.39 is 24.7 Å². The summed E-state index contributed by atoms with van der Waals surface area (Å²) in [5.41, 5.74) is 4.47. The lowest BCUT2D eigenvalue weighted by Gasteiger charge is -2.25. The van der Waals surface area contributed by atoms with Gasteiger partial charge in [-0.2, -0.15) is 22.0 Å². The second kappa shape index (κ2) is 7.65. The lowest BCUT2D eigenvalue weighted by atomic mass is 10.1. The van der Waals surface area contributed by atoms with Crippen LogP contribution in [0.4, 0.5) is 22.0 Å². The molecule has 0 radical (unpaired) electrons. The largest absolute Gasteiger partial charge is 0.471 e. The summed E-state index contributed by atoms with van der Waals surface area (Å²) < 4.78 is 66.9. The summed E-state index contributed by atoms with van der Waals surface area (Å²) in [6.07, 6.45) is 0.336. The van der Waals surface area contributed by atoms with Crippen molar-refractivity contribution in [3.05, 3.63) is 64.0 Å². The Morgan fingerprint density at radius 1 is 1.31 bits per heavy atom. The maximum atomic E-state index is 12.9. The molecule has 2 aliphatic rings. The Kier molecular flexibility index (Phi) is 5.56. The molecule has 1 aliphatic heterocycles. The molecule has 1 amide bonds. The quantitative estimate of drug-likeness (QED) is 0.500. The van der Waals surface area contributed by atoms with E-state index in [4.69, 9.17) is 11.6 Å². The molecule has 0 fully saturated rings. The molecule has 154 valence electrons. The Hall–Kier alpha value is -2.64. The highest BCUT2D eigenvalue weighted by atomic mass is 35.5. The predicted octanol–water partition coefficient (Wildman–Crippen LogP) is 4.71. The molecule has 0 N–H and O–H groups in total. The molecule has 0 spiro atoms. The molecule has 3 rings (SSSR count). The molecule has 0 saturated heterocycles. The van der Waals surface area contributed by atoms with E-state index in [9.17, 15) is 26.7 Å². The number of halogens is 6. The van der Waals surface area contributed by atoms with Crippen LogP contribution in [-0.4, -0.2) is 41.0 Å². The van der Waals surface area contributed by atoms with Crippen LogP contribution in [0, 0.1) is 0 Å². The fraction of sp³-hybridized carbons (Fsp3) is 0.316. The van der Waals surface area contributed by atoms with Crippen LogP contribution in [0.2, 0.25) is 0 Å². The number of amides is 1. The Bertz CT molecular complexity index is 944. The first-order valence-electron chi connectivity index (χ1n) is 8.37. The monoisotopic (exact) mass is 432 g/mol. The van der Waals surface area contributed by atoms with Gasteiger partial charge in [0.2, 0.25) is 5.88 Å². The number of carbonyl (C=O) groups is 1. The summed E-state index contributed by atoms with van der Waals surface area (Å²) in [5.74, 6) is -5.63. The molecule has 1 aromatic heterocycles. The molecule has 29 heavy (non-hydrogen) atoms. The molecule has 1 aromatic rings. The van der Waals surface area contributed by atoms with Crippen molar-refractivity contribution in [1.82, 2.24) is 9.88 Å². The number of rotatable bonds is 5. The second-order valence-electron chi connectivity index (χ2n) is 6.41. The van der Waals surface area contributed by atoms with E-state index in [1.54, 1.807) is 30.1 Å². The number of carbonyl (C=O) groups excluding carboxylic acids is 1. The first-order valence-corrected chi connectivity index (χ1v) is 8.75. The zero-order valence-electron chi connectivity index (χ0n) is 14.9. The van der Waals surface area contributed by atoms with Crippen molar-refractivity contribution in [3.63, 3.8) is 0 Å². The van der Waals surface area contributed by atoms with Crippen LogP contribution in [0.25, 0.3) is 0 Å². The number of ether oxygens (including phenoxy) is 1. The van der Waals surface area contributed by atoms with Gasteiger partial charge in [-0.15, -0.1) is 5.73 Å². The van der Waals surface area contributed by atoms with Gasteiger partial charge in [0, 0.05) is 29.4 Å². The molecule has 4 nitrogen and oxygen atoms in total. The Morgan fingerprint density at radius 3 is 2.66 bits per heavy atom. The molecular formula is C19H14ClF5N2O2. The van der Waals surface area contributed by atoms with Gasteiger partial charge < -0.3 is 9.64 Å². The molecule has 2 heterocycles. The van der Waals surface area contributed by atoms with Gasteiger partial charge in [-0.1, -0.05) is 17.7 Å². The van der Waals surface area contributed by atoms with Gasteiger partial charge in [0.25, 0.3) is 5.91 Å². The first-order chi connectivity index (χ1) is 13.5. The third kappa shape index (κ3) is 4.21. The van der Waals surface area contributed by atoms with Crippen LogP contribution >= 0.6 is 11.6 Å². The molecule has 0 bridgehead atoms. The van der Waals surface area contributed by atoms with E-state index >= 15 is 0 Å². The number of nitrogens with zero attached hydrogens (tertiary/aromatic N) is 2. The number of hydrogen-bond donors (Lipinski definition) is 0. The van der Waals surface area contributed by atoms with E-state index in [1.807, 2.05) is 0 Å². The van der Waals surface area contributed by atoms with Gasteiger partial charge in [-0.05, 0) is 30.7 Å². The average Bonchev–Trinajstić information content (AvgIpc) is 2.87. The van der Waals surface area contributed by atoms with Gasteiger partial charge in [0.1, 0.15) is 0 Å². The molecule has 1 aliphatic carbocycles. The van der Waals surface area contributed by atoms with Crippen molar-refractivity contribution in [2.24, 2.45) is 0 Å². The summed E-state index contributed by atoms with van der Waals surface area (Å²) in [7, 11) is 0. The first kappa shape index (κ1) is 21.1. The van der Waals surface area contributed by atoms with E-state index in [-0.39, 0.29) is 18.3 Å². The van der Waals surface area contributed by atoms with E-state index in [0.717, 1.165) is 0 Å². The van der Waals surface area contributed by atoms with Gasteiger partial charge >= 0.3 is 12.1 Å². The summed E-state index contributed by atoms with van der Waals surface area (Å²) in [6, 6.07) is 2.17. The van der Waals surface area contributed by atoms with E-state index in [1.165, 1.54) is 18.3 Å². The summed E-state index contributed by atoms with van der Waals surface area (Å²) in [6.45, 7) is 0.119. The number of pyridine rings is 1. The lowest BCUT2D eigenvalue weighted by Crippen LogP contribution is -2.41. The van der Waals surface area contributed by atoms with Crippen molar-refractivity contribution in [2.75, 3.05) is 13.2 Å². The molecule has 10 heteroatoms. The van der Waals surface area contributed by atoms with Crippen LogP contribution in [0.5, 0.6) is 5.88 Å². The summed E-state index contributed by atoms with van der Waals surface area (Å²) >= 11 is 6.19. The SMILES string of the molecule is CC(c1ccc(OCC(F)(F)C(F)(F)F)nc1)N1CC2=C(C=C=CC=C2Cl)C1=O. The van der Waals surface area contributed by atoms with Crippen LogP contribution in [0.1, 0.15) is 18.5 Å². The van der Waals surface area contributed by atoms with Gasteiger partial charge in [0.05, 0.1) is 11.6 Å². The van der Waals surface area contributed by atoms with Crippen LogP contribution in [0.3, 0.4) is 0 Å². The van der Waals surface area contributed by atoms with Crippen molar-refractivity contribution < 1.29 is 31.5 Å². The fourth-order valence-electron chi connectivity index (χ4n) is 2.78. The minimum absolute atomic E-state index is 0.257. The summed E-state index contributed by atoms with van der Waals surface area (Å²) in [5, 5.41) is 0.428. The highest BCUT2D eigenvalue weighted by Crippen LogP contribution is 2.36. The minimum atomic E-state index is -5.71. The Labute approximate surface area is 167 Å². The molecule has 0 aromatic carbocycles. The smallest absolute Gasteiger partial charge is 0.456 e. The van der Waals surface area contributed by atoms with Crippen LogP contribution < -0.4 is 4.74 Å². The second-order valence-corrected chi connectivity index (χ2v) is 6.82. The highest BCUT2D eigenvalue weighted by molar-refractivity contribution is 6.33. The van der Waals surface area contributed by atoms with E-state index in [0.29, 0.717) is 21.7 Å². The topological polar surface area (TPSA) is 42.4 Å². The zero-order chi connectivity index (χ0) is 21.4. The number of allylic oxidation sites excluding steroid dienone is 1. The standard InChI is InChI=1S/C19H14ClF5N2O2/c1-11(27-9-14-13(17(27)28)4-2-3-5-15(14)20)12-6-7-16(26-8-12)29-10-18(21,22)19(23,24)25/h3-8,11H,9-10H2,1H3. The maximum absolute atomic E-state index is 12.9. The number of hydrogen-bond acceptors (Lipinski definition) is 3. The fourth-order valence-corrected chi connectivity index (χ4v) is 3.01. The predicted molar refractivity (Wildman–Crippen MR) is 94.5 cm³/mol. The summed E-state index contributed by atoms with van der Waals surface area (Å²) in [4.78, 5) is 18.0. The third-order valence-electron chi connectivity index (χ3n) is 4.51. The van der Waals surface area contributed by atoms with Crippen molar-refractivity contribution in [2.45, 2.75) is 25.1 Å². The van der Waals surface area contributed by atoms with Crippen LogP contribution in [-0.2, 0) is 4.79 Å². The number of alkyl halides is 5. The molecular weight excluding hydrogens is 419 g/mol. The molecule has 1 atom stereocenters. The molecule has 1 unspecified atom stereocenters. The Morgan fingerprint density at radius 2 is 2.03 bits per heavy atom. The van der Waals surface area contributed by atoms with E-state index in [2.05, 4.69) is 15.5 Å². The normalized spacial score (nSPS) is 18.0. The van der Waals surface area contributed by atoms with Crippen molar-refractivity contribution >= 4 is 17.5 Å². The maximum Gasteiger partial charge on any atom is 0.456 e. The molecule has 0 saturated carbocycles. The zero-order valence-corrected chi connectivity index (χ0v) is 15.7. The van der Waals surface area contributed by atoms with Gasteiger partial charge in [-0.25, -0.2) is 4.98 Å². The third-order valence-corrected chi connectivity index (χ3v) is 4.87. The lowest BCUT2D eigenvalue weighted by molar-refractivity contribution is -0.290. The van der Waals surface area contributed by atoms with Crippen molar-refractivity contribution in [3.8, 4) is 5.88 Å². The minimum Gasteiger partial charge on any atom is -0.471 e. The number of aromatic nitrogens is 1.